The van der Waals surface area contributed by atoms with Crippen LogP contribution in [0.1, 0.15) is 28.4 Å². The number of para-hydroxylation sites is 1. The van der Waals surface area contributed by atoms with Gasteiger partial charge in [-0.25, -0.2) is 0 Å². The van der Waals surface area contributed by atoms with Gasteiger partial charge in [-0.2, -0.15) is 0 Å². The Balaban J connectivity index is 1.92. The maximum atomic E-state index is 12.3. The highest BCUT2D eigenvalue weighted by Crippen LogP contribution is 2.19. The Kier molecular flexibility index (Phi) is 5.63. The standard InChI is InChI=1S/C19H23NO3/c1-13-7-5-6-8-18(13)23-12-15(3)20-19(21)16-9-10-17(22-4)14(2)11-16/h5-11,15H,12H2,1-4H3,(H,20,21)/t15-/m1/s1. The summed E-state index contributed by atoms with van der Waals surface area (Å²) in [5.41, 5.74) is 2.63. The number of amides is 1. The van der Waals surface area contributed by atoms with E-state index in [1.807, 2.05) is 51.1 Å². The van der Waals surface area contributed by atoms with E-state index in [0.29, 0.717) is 12.2 Å². The summed E-state index contributed by atoms with van der Waals surface area (Å²) in [6.07, 6.45) is 0. The zero-order valence-electron chi connectivity index (χ0n) is 14.1. The summed E-state index contributed by atoms with van der Waals surface area (Å²) >= 11 is 0. The first-order valence-corrected chi connectivity index (χ1v) is 7.65. The Bertz CT molecular complexity index is 682. The minimum atomic E-state index is -0.114. The van der Waals surface area contributed by atoms with Crippen LogP contribution in [-0.4, -0.2) is 25.7 Å². The van der Waals surface area contributed by atoms with Crippen molar-refractivity contribution in [2.75, 3.05) is 13.7 Å². The fraction of sp³-hybridized carbons (Fsp3) is 0.316. The molecule has 4 nitrogen and oxygen atoms in total. The van der Waals surface area contributed by atoms with E-state index in [-0.39, 0.29) is 11.9 Å². The SMILES string of the molecule is COc1ccc(C(=O)N[C@H](C)COc2ccccc2C)cc1C. The third-order valence-electron chi connectivity index (χ3n) is 3.62. The molecule has 2 aromatic rings. The van der Waals surface area contributed by atoms with Crippen molar-refractivity contribution in [1.29, 1.82) is 0 Å². The van der Waals surface area contributed by atoms with Gasteiger partial charge in [0.1, 0.15) is 18.1 Å². The van der Waals surface area contributed by atoms with Gasteiger partial charge in [-0.05, 0) is 56.2 Å². The zero-order valence-corrected chi connectivity index (χ0v) is 14.1. The molecule has 122 valence electrons. The Morgan fingerprint density at radius 2 is 1.83 bits per heavy atom. The van der Waals surface area contributed by atoms with E-state index >= 15 is 0 Å². The average molecular weight is 313 g/mol. The smallest absolute Gasteiger partial charge is 0.251 e. The Morgan fingerprint density at radius 1 is 1.09 bits per heavy atom. The van der Waals surface area contributed by atoms with Crippen LogP contribution in [0.4, 0.5) is 0 Å². The van der Waals surface area contributed by atoms with Crippen LogP contribution in [0.5, 0.6) is 11.5 Å². The van der Waals surface area contributed by atoms with Crippen molar-refractivity contribution in [3.05, 3.63) is 59.2 Å². The van der Waals surface area contributed by atoms with Crippen LogP contribution in [0.3, 0.4) is 0 Å². The lowest BCUT2D eigenvalue weighted by Crippen LogP contribution is -2.36. The van der Waals surface area contributed by atoms with Crippen molar-refractivity contribution in [1.82, 2.24) is 5.32 Å². The molecule has 2 aromatic carbocycles. The van der Waals surface area contributed by atoms with E-state index in [9.17, 15) is 4.79 Å². The largest absolute Gasteiger partial charge is 0.496 e. The summed E-state index contributed by atoms with van der Waals surface area (Å²) in [7, 11) is 1.62. The number of hydrogen-bond acceptors (Lipinski definition) is 3. The summed E-state index contributed by atoms with van der Waals surface area (Å²) in [4.78, 5) is 12.3. The van der Waals surface area contributed by atoms with Gasteiger partial charge in [0.25, 0.3) is 5.91 Å². The molecule has 0 spiro atoms. The third-order valence-corrected chi connectivity index (χ3v) is 3.62. The predicted octanol–water partition coefficient (Wildman–Crippen LogP) is 3.51. The fourth-order valence-electron chi connectivity index (χ4n) is 2.30. The Labute approximate surface area is 137 Å². The molecule has 1 atom stereocenters. The van der Waals surface area contributed by atoms with Crippen molar-refractivity contribution >= 4 is 5.91 Å². The van der Waals surface area contributed by atoms with Gasteiger partial charge in [0.2, 0.25) is 0 Å². The van der Waals surface area contributed by atoms with E-state index in [1.54, 1.807) is 19.2 Å². The molecule has 2 rings (SSSR count). The molecule has 4 heteroatoms. The van der Waals surface area contributed by atoms with Crippen LogP contribution in [0.15, 0.2) is 42.5 Å². The number of carbonyl (C=O) groups is 1. The van der Waals surface area contributed by atoms with Crippen LogP contribution in [0, 0.1) is 13.8 Å². The van der Waals surface area contributed by atoms with Crippen LogP contribution < -0.4 is 14.8 Å². The molecule has 0 unspecified atom stereocenters. The molecular weight excluding hydrogens is 290 g/mol. The highest BCUT2D eigenvalue weighted by Gasteiger charge is 2.12. The van der Waals surface area contributed by atoms with Crippen LogP contribution in [0.25, 0.3) is 0 Å². The van der Waals surface area contributed by atoms with Gasteiger partial charge in [0.05, 0.1) is 13.2 Å². The normalized spacial score (nSPS) is 11.7. The van der Waals surface area contributed by atoms with E-state index in [2.05, 4.69) is 5.32 Å². The lowest BCUT2D eigenvalue weighted by molar-refractivity contribution is 0.0926. The molecule has 0 aliphatic carbocycles. The highest BCUT2D eigenvalue weighted by molar-refractivity contribution is 5.94. The lowest BCUT2D eigenvalue weighted by Gasteiger charge is -2.16. The molecule has 0 radical (unpaired) electrons. The summed E-state index contributed by atoms with van der Waals surface area (Å²) in [5, 5.41) is 2.95. The van der Waals surface area contributed by atoms with Crippen molar-refractivity contribution in [2.45, 2.75) is 26.8 Å². The summed E-state index contributed by atoms with van der Waals surface area (Å²) in [6, 6.07) is 13.1. The van der Waals surface area contributed by atoms with E-state index in [4.69, 9.17) is 9.47 Å². The first kappa shape index (κ1) is 16.9. The molecule has 0 aromatic heterocycles. The number of hydrogen-bond donors (Lipinski definition) is 1. The molecule has 0 saturated carbocycles. The maximum absolute atomic E-state index is 12.3. The van der Waals surface area contributed by atoms with Crippen molar-refractivity contribution in [3.8, 4) is 11.5 Å². The average Bonchev–Trinajstić information content (AvgIpc) is 2.54. The molecule has 23 heavy (non-hydrogen) atoms. The van der Waals surface area contributed by atoms with Crippen LogP contribution in [0.2, 0.25) is 0 Å². The number of carbonyl (C=O) groups excluding carboxylic acids is 1. The second-order valence-electron chi connectivity index (χ2n) is 5.64. The van der Waals surface area contributed by atoms with Crippen molar-refractivity contribution < 1.29 is 14.3 Å². The number of ether oxygens (including phenoxy) is 2. The number of benzene rings is 2. The first-order chi connectivity index (χ1) is 11.0. The number of aryl methyl sites for hydroxylation is 2. The van der Waals surface area contributed by atoms with Gasteiger partial charge in [-0.1, -0.05) is 18.2 Å². The molecule has 0 aliphatic rings. The van der Waals surface area contributed by atoms with Crippen molar-refractivity contribution in [3.63, 3.8) is 0 Å². The lowest BCUT2D eigenvalue weighted by atomic mass is 10.1. The molecule has 0 heterocycles. The van der Waals surface area contributed by atoms with Crippen molar-refractivity contribution in [2.24, 2.45) is 0 Å². The third kappa shape index (κ3) is 4.49. The summed E-state index contributed by atoms with van der Waals surface area (Å²) in [6.45, 7) is 6.26. The second-order valence-corrected chi connectivity index (χ2v) is 5.64. The van der Waals surface area contributed by atoms with E-state index in [1.165, 1.54) is 0 Å². The molecular formula is C19H23NO3. The first-order valence-electron chi connectivity index (χ1n) is 7.65. The Hall–Kier alpha value is -2.49. The second kappa shape index (κ2) is 7.68. The van der Waals surface area contributed by atoms with E-state index < -0.39 is 0 Å². The molecule has 0 aliphatic heterocycles. The summed E-state index contributed by atoms with van der Waals surface area (Å²) < 4.78 is 11.0. The Morgan fingerprint density at radius 3 is 2.48 bits per heavy atom. The monoisotopic (exact) mass is 313 g/mol. The minimum absolute atomic E-state index is 0.0930. The van der Waals surface area contributed by atoms with Crippen LogP contribution >= 0.6 is 0 Å². The van der Waals surface area contributed by atoms with Gasteiger partial charge in [-0.3, -0.25) is 4.79 Å². The zero-order chi connectivity index (χ0) is 16.8. The maximum Gasteiger partial charge on any atom is 0.251 e. The van der Waals surface area contributed by atoms with Gasteiger partial charge < -0.3 is 14.8 Å². The van der Waals surface area contributed by atoms with E-state index in [0.717, 1.165) is 22.6 Å². The van der Waals surface area contributed by atoms with Crippen LogP contribution in [-0.2, 0) is 0 Å². The molecule has 0 saturated heterocycles. The number of rotatable bonds is 6. The summed E-state index contributed by atoms with van der Waals surface area (Å²) in [5.74, 6) is 1.50. The molecule has 1 N–H and O–H groups in total. The van der Waals surface area contributed by atoms with Gasteiger partial charge in [-0.15, -0.1) is 0 Å². The topological polar surface area (TPSA) is 47.6 Å². The number of nitrogens with one attached hydrogen (secondary N) is 1. The highest BCUT2D eigenvalue weighted by atomic mass is 16.5. The molecule has 1 amide bonds. The van der Waals surface area contributed by atoms with Gasteiger partial charge in [0, 0.05) is 5.56 Å². The fourth-order valence-corrected chi connectivity index (χ4v) is 2.30. The quantitative estimate of drug-likeness (QED) is 0.888. The molecule has 0 bridgehead atoms. The van der Waals surface area contributed by atoms with Gasteiger partial charge in [0.15, 0.2) is 0 Å². The predicted molar refractivity (Wildman–Crippen MR) is 91.3 cm³/mol. The minimum Gasteiger partial charge on any atom is -0.496 e. The number of methoxy groups -OCH3 is 1. The van der Waals surface area contributed by atoms with Gasteiger partial charge >= 0.3 is 0 Å². The molecule has 0 fully saturated rings.